The molecule has 0 unspecified atom stereocenters. The summed E-state index contributed by atoms with van der Waals surface area (Å²) in [6.07, 6.45) is 0. The van der Waals surface area contributed by atoms with Crippen LogP contribution in [-0.4, -0.2) is 4.57 Å². The van der Waals surface area contributed by atoms with Crippen molar-refractivity contribution in [1.29, 1.82) is 0 Å². The molecule has 0 N–H and O–H groups in total. The Morgan fingerprint density at radius 2 is 0.843 bits per heavy atom. The number of fused-ring (bicyclic) bond motifs is 12. The number of nitrogens with zero attached hydrogens (tertiary/aromatic N) is 1. The van der Waals surface area contributed by atoms with Crippen LogP contribution >= 0.6 is 11.3 Å². The number of hydrogen-bond acceptors (Lipinski definition) is 3. The highest BCUT2D eigenvalue weighted by Crippen LogP contribution is 2.45. The lowest BCUT2D eigenvalue weighted by molar-refractivity contribution is 0.669. The topological polar surface area (TPSA) is 31.2 Å². The van der Waals surface area contributed by atoms with Gasteiger partial charge in [0.1, 0.15) is 22.3 Å². The van der Waals surface area contributed by atoms with Crippen LogP contribution in [0.4, 0.5) is 0 Å². The van der Waals surface area contributed by atoms with Gasteiger partial charge in [0.25, 0.3) is 0 Å². The first kappa shape index (κ1) is 39.1. The molecule has 0 bridgehead atoms. The molecule has 0 amide bonds. The highest BCUT2D eigenvalue weighted by molar-refractivity contribution is 7.25. The molecule has 15 aromatic rings. The quantitative estimate of drug-likeness (QED) is 0.166. The predicted octanol–water partition coefficient (Wildman–Crippen LogP) is 19.3. The van der Waals surface area contributed by atoms with Crippen LogP contribution in [0.15, 0.2) is 245 Å². The Balaban J connectivity index is 0.869. The summed E-state index contributed by atoms with van der Waals surface area (Å²) in [5.74, 6) is 0. The Morgan fingerprint density at radius 1 is 0.271 bits per heavy atom. The molecule has 0 aliphatic carbocycles. The molecule has 0 saturated heterocycles. The van der Waals surface area contributed by atoms with E-state index in [1.54, 1.807) is 0 Å². The van der Waals surface area contributed by atoms with Crippen molar-refractivity contribution in [2.45, 2.75) is 0 Å². The van der Waals surface area contributed by atoms with Gasteiger partial charge in [0.15, 0.2) is 0 Å². The van der Waals surface area contributed by atoms with E-state index in [2.05, 4.69) is 241 Å². The molecule has 0 fully saturated rings. The lowest BCUT2D eigenvalue weighted by atomic mass is 9.91. The lowest BCUT2D eigenvalue weighted by Gasteiger charge is -2.13. The summed E-state index contributed by atoms with van der Waals surface area (Å²) in [5.41, 5.74) is 18.5. The fourth-order valence-corrected chi connectivity index (χ4v) is 12.3. The second-order valence-electron chi connectivity index (χ2n) is 18.4. The second-order valence-corrected chi connectivity index (χ2v) is 19.5. The Kier molecular flexibility index (Phi) is 8.53. The lowest BCUT2D eigenvalue weighted by Crippen LogP contribution is -1.93. The Bertz CT molecular complexity index is 4590. The Labute approximate surface area is 406 Å². The van der Waals surface area contributed by atoms with Crippen molar-refractivity contribution in [3.05, 3.63) is 237 Å². The highest BCUT2D eigenvalue weighted by atomic mass is 32.1. The van der Waals surface area contributed by atoms with Gasteiger partial charge in [-0.3, -0.25) is 0 Å². The summed E-state index contributed by atoms with van der Waals surface area (Å²) < 4.78 is 18.3. The van der Waals surface area contributed by atoms with Crippen LogP contribution in [0.5, 0.6) is 0 Å². The number of furan rings is 2. The third kappa shape index (κ3) is 6.07. The van der Waals surface area contributed by atoms with Crippen LogP contribution in [0.1, 0.15) is 0 Å². The van der Waals surface area contributed by atoms with Crippen LogP contribution in [0.25, 0.3) is 147 Å². The largest absolute Gasteiger partial charge is 0.456 e. The molecule has 0 aliphatic rings. The number of aromatic nitrogens is 1. The zero-order valence-electron chi connectivity index (χ0n) is 37.7. The maximum atomic E-state index is 6.68. The van der Waals surface area contributed by atoms with Crippen LogP contribution in [0, 0.1) is 0 Å². The minimum Gasteiger partial charge on any atom is -0.456 e. The monoisotopic (exact) mass is 909 g/mol. The molecule has 0 radical (unpaired) electrons. The van der Waals surface area contributed by atoms with Crippen molar-refractivity contribution < 1.29 is 8.83 Å². The number of benzene rings is 11. The minimum atomic E-state index is 0.857. The molecule has 0 saturated carbocycles. The normalized spacial score (nSPS) is 12.0. The number of rotatable bonds is 6. The van der Waals surface area contributed by atoms with Gasteiger partial charge in [0.05, 0.1) is 11.0 Å². The summed E-state index contributed by atoms with van der Waals surface area (Å²) in [6, 6.07) is 85.7. The van der Waals surface area contributed by atoms with Crippen LogP contribution < -0.4 is 0 Å². The van der Waals surface area contributed by atoms with E-state index in [9.17, 15) is 0 Å². The predicted molar refractivity (Wildman–Crippen MR) is 295 cm³/mol. The highest BCUT2D eigenvalue weighted by Gasteiger charge is 2.20. The molecule has 0 atom stereocenters. The molecule has 11 aromatic carbocycles. The van der Waals surface area contributed by atoms with Gasteiger partial charge in [0, 0.05) is 58.2 Å². The first-order valence-electron chi connectivity index (χ1n) is 23.8. The van der Waals surface area contributed by atoms with Gasteiger partial charge in [0.2, 0.25) is 0 Å². The minimum absolute atomic E-state index is 0.857. The van der Waals surface area contributed by atoms with Gasteiger partial charge in [-0.05, 0) is 153 Å². The average Bonchev–Trinajstić information content (AvgIpc) is 4.19. The summed E-state index contributed by atoms with van der Waals surface area (Å²) in [6.45, 7) is 0. The molecule has 0 spiro atoms. The van der Waals surface area contributed by atoms with Crippen LogP contribution in [0.2, 0.25) is 0 Å². The van der Waals surface area contributed by atoms with E-state index in [1.165, 1.54) is 58.7 Å². The number of thiophene rings is 1. The molecule has 326 valence electrons. The first-order chi connectivity index (χ1) is 34.7. The van der Waals surface area contributed by atoms with Crippen molar-refractivity contribution in [3.63, 3.8) is 0 Å². The molecule has 0 aliphatic heterocycles. The third-order valence-electron chi connectivity index (χ3n) is 14.4. The van der Waals surface area contributed by atoms with Crippen molar-refractivity contribution in [1.82, 2.24) is 4.57 Å². The number of hydrogen-bond donors (Lipinski definition) is 0. The molecule has 4 heterocycles. The SMILES string of the molecule is c1ccc(-c2cc(-c3ccc4c(c3)c3ccccc3n4-c3ccccc3)cc(-c3cccc4oc5ccc(-c6cccc7oc8cc(-c9ccc%10c(c9)sc9ccccc9%10)ccc8c67)cc5c34)c2)cc1. The maximum absolute atomic E-state index is 6.68. The van der Waals surface area contributed by atoms with Crippen LogP contribution in [0.3, 0.4) is 0 Å². The number of para-hydroxylation sites is 2. The molecule has 70 heavy (non-hydrogen) atoms. The van der Waals surface area contributed by atoms with Crippen molar-refractivity contribution in [2.75, 3.05) is 0 Å². The summed E-state index contributed by atoms with van der Waals surface area (Å²) in [5, 5.41) is 9.46. The summed E-state index contributed by atoms with van der Waals surface area (Å²) >= 11 is 1.85. The van der Waals surface area contributed by atoms with Gasteiger partial charge in [-0.1, -0.05) is 140 Å². The van der Waals surface area contributed by atoms with Crippen molar-refractivity contribution >= 4 is 97.2 Å². The Hall–Kier alpha value is -8.96. The molecule has 3 nitrogen and oxygen atoms in total. The zero-order chi connectivity index (χ0) is 45.9. The standard InChI is InChI=1S/C66H39NO2S/c1-3-13-40(14-4-1)45-33-46(41-27-31-58-55(36-41)51-17-7-9-21-57(51)67(58)48-15-5-2-6-16-48)35-47(34-45)50-20-12-23-61-66(50)56-37-44(28-32-59(56)68-61)49-19-11-22-60-65(49)54-30-26-42(38-62(54)69-60)43-25-29-53-52-18-8-10-24-63(52)70-64(53)39-43/h1-39H. The fourth-order valence-electron chi connectivity index (χ4n) is 11.1. The second kappa shape index (κ2) is 15.3. The molecule has 4 aromatic heterocycles. The molecule has 15 rings (SSSR count). The maximum Gasteiger partial charge on any atom is 0.136 e. The van der Waals surface area contributed by atoms with E-state index >= 15 is 0 Å². The van der Waals surface area contributed by atoms with Gasteiger partial charge >= 0.3 is 0 Å². The van der Waals surface area contributed by atoms with Crippen molar-refractivity contribution in [2.24, 2.45) is 0 Å². The van der Waals surface area contributed by atoms with E-state index in [1.807, 2.05) is 11.3 Å². The fraction of sp³-hybridized carbons (Fsp3) is 0. The molecule has 4 heteroatoms. The van der Waals surface area contributed by atoms with E-state index in [-0.39, 0.29) is 0 Å². The van der Waals surface area contributed by atoms with Gasteiger partial charge in [-0.2, -0.15) is 0 Å². The van der Waals surface area contributed by atoms with E-state index in [0.29, 0.717) is 0 Å². The van der Waals surface area contributed by atoms with Gasteiger partial charge in [-0.15, -0.1) is 11.3 Å². The average molecular weight is 910 g/mol. The summed E-state index contributed by atoms with van der Waals surface area (Å²) in [7, 11) is 0. The van der Waals surface area contributed by atoms with E-state index in [0.717, 1.165) is 88.5 Å². The summed E-state index contributed by atoms with van der Waals surface area (Å²) in [4.78, 5) is 0. The first-order valence-corrected chi connectivity index (χ1v) is 24.6. The van der Waals surface area contributed by atoms with Crippen molar-refractivity contribution in [3.8, 4) is 61.3 Å². The zero-order valence-corrected chi connectivity index (χ0v) is 38.5. The molecular weight excluding hydrogens is 871 g/mol. The van der Waals surface area contributed by atoms with E-state index < -0.39 is 0 Å². The van der Waals surface area contributed by atoms with Gasteiger partial charge in [-0.25, -0.2) is 0 Å². The molecular formula is C66H39NO2S. The third-order valence-corrected chi connectivity index (χ3v) is 15.5. The smallest absolute Gasteiger partial charge is 0.136 e. The van der Waals surface area contributed by atoms with E-state index in [4.69, 9.17) is 8.83 Å². The van der Waals surface area contributed by atoms with Crippen LogP contribution in [-0.2, 0) is 0 Å². The van der Waals surface area contributed by atoms with Gasteiger partial charge < -0.3 is 13.4 Å². The Morgan fingerprint density at radius 3 is 1.67 bits per heavy atom.